The molecule has 1 atom stereocenters. The Bertz CT molecular complexity index is 585. The van der Waals surface area contributed by atoms with E-state index in [4.69, 9.17) is 11.0 Å². The van der Waals surface area contributed by atoms with Gasteiger partial charge in [-0.15, -0.1) is 0 Å². The molecule has 0 heterocycles. The van der Waals surface area contributed by atoms with Gasteiger partial charge in [0.05, 0.1) is 17.3 Å². The van der Waals surface area contributed by atoms with Crippen molar-refractivity contribution in [2.45, 2.75) is 19.4 Å². The van der Waals surface area contributed by atoms with Crippen molar-refractivity contribution in [3.05, 3.63) is 59.7 Å². The van der Waals surface area contributed by atoms with Gasteiger partial charge < -0.3 is 11.1 Å². The van der Waals surface area contributed by atoms with Gasteiger partial charge in [0.25, 0.3) is 0 Å². The highest BCUT2D eigenvalue weighted by Gasteiger charge is 2.09. The van der Waals surface area contributed by atoms with Crippen LogP contribution in [0.25, 0.3) is 0 Å². The zero-order valence-corrected chi connectivity index (χ0v) is 10.9. The van der Waals surface area contributed by atoms with E-state index in [1.54, 1.807) is 6.07 Å². The summed E-state index contributed by atoms with van der Waals surface area (Å²) in [4.78, 5) is 0. The molecule has 3 heteroatoms. The maximum Gasteiger partial charge on any atom is 0.101 e. The number of rotatable bonds is 4. The molecule has 0 bridgehead atoms. The second-order valence-corrected chi connectivity index (χ2v) is 4.43. The fraction of sp³-hybridized carbons (Fsp3) is 0.188. The normalized spacial score (nSPS) is 11.6. The highest BCUT2D eigenvalue weighted by Crippen LogP contribution is 2.24. The number of nitrogens with two attached hydrogens (primary N) is 1. The molecule has 96 valence electrons. The number of anilines is 2. The molecule has 0 aliphatic carbocycles. The minimum absolute atomic E-state index is 0.244. The van der Waals surface area contributed by atoms with E-state index in [-0.39, 0.29) is 6.04 Å². The first kappa shape index (κ1) is 13.0. The smallest absolute Gasteiger partial charge is 0.101 e. The summed E-state index contributed by atoms with van der Waals surface area (Å²) in [6.45, 7) is 2.14. The van der Waals surface area contributed by atoms with Gasteiger partial charge in [0.15, 0.2) is 0 Å². The molecule has 3 N–H and O–H groups in total. The van der Waals surface area contributed by atoms with Crippen molar-refractivity contribution < 1.29 is 0 Å². The van der Waals surface area contributed by atoms with Gasteiger partial charge in [0.1, 0.15) is 6.07 Å². The maximum atomic E-state index is 8.86. The van der Waals surface area contributed by atoms with Crippen LogP contribution >= 0.6 is 0 Å². The van der Waals surface area contributed by atoms with Crippen molar-refractivity contribution >= 4 is 11.4 Å². The molecule has 1 unspecified atom stereocenters. The lowest BCUT2D eigenvalue weighted by Crippen LogP contribution is -2.09. The molecule has 19 heavy (non-hydrogen) atoms. The topological polar surface area (TPSA) is 61.8 Å². The monoisotopic (exact) mass is 251 g/mol. The number of nitrogen functional groups attached to an aromatic ring is 1. The summed E-state index contributed by atoms with van der Waals surface area (Å²) in [7, 11) is 0. The Labute approximate surface area is 113 Å². The van der Waals surface area contributed by atoms with E-state index in [1.165, 1.54) is 5.56 Å². The molecule has 0 aliphatic heterocycles. The minimum Gasteiger partial charge on any atom is -0.398 e. The lowest BCUT2D eigenvalue weighted by Gasteiger charge is -2.19. The maximum absolute atomic E-state index is 8.86. The number of benzene rings is 2. The Morgan fingerprint density at radius 3 is 2.53 bits per heavy atom. The van der Waals surface area contributed by atoms with Crippen molar-refractivity contribution in [2.24, 2.45) is 0 Å². The van der Waals surface area contributed by atoms with Crippen molar-refractivity contribution in [3.63, 3.8) is 0 Å². The average molecular weight is 251 g/mol. The van der Waals surface area contributed by atoms with E-state index < -0.39 is 0 Å². The summed E-state index contributed by atoms with van der Waals surface area (Å²) in [5, 5.41) is 12.3. The predicted molar refractivity (Wildman–Crippen MR) is 78.7 cm³/mol. The first-order chi connectivity index (χ1) is 9.24. The number of nitrogens with one attached hydrogen (secondary N) is 1. The summed E-state index contributed by atoms with van der Waals surface area (Å²) >= 11 is 0. The van der Waals surface area contributed by atoms with Gasteiger partial charge in [-0.3, -0.25) is 0 Å². The van der Waals surface area contributed by atoms with Crippen LogP contribution in [0.3, 0.4) is 0 Å². The largest absolute Gasteiger partial charge is 0.398 e. The van der Waals surface area contributed by atoms with Crippen molar-refractivity contribution in [1.29, 1.82) is 5.26 Å². The molecule has 2 aromatic rings. The van der Waals surface area contributed by atoms with Crippen LogP contribution in [0.15, 0.2) is 48.5 Å². The number of nitrogens with zero attached hydrogens (tertiary/aromatic N) is 1. The molecule has 0 aliphatic rings. The standard InChI is InChI=1S/C16H17N3/c1-2-16(12-6-4-3-5-7-12)19-14-9-8-13(11-17)15(18)10-14/h3-10,16,19H,2,18H2,1H3. The third kappa shape index (κ3) is 3.05. The van der Waals surface area contributed by atoms with Crippen molar-refractivity contribution in [2.75, 3.05) is 11.1 Å². The Morgan fingerprint density at radius 2 is 1.95 bits per heavy atom. The van der Waals surface area contributed by atoms with Gasteiger partial charge in [0.2, 0.25) is 0 Å². The van der Waals surface area contributed by atoms with Crippen LogP contribution in [0, 0.1) is 11.3 Å². The van der Waals surface area contributed by atoms with Crippen LogP contribution in [0.4, 0.5) is 11.4 Å². The summed E-state index contributed by atoms with van der Waals surface area (Å²) in [5.41, 5.74) is 9.03. The van der Waals surface area contributed by atoms with Gasteiger partial charge in [0, 0.05) is 5.69 Å². The van der Waals surface area contributed by atoms with Crippen LogP contribution in [-0.4, -0.2) is 0 Å². The van der Waals surface area contributed by atoms with Gasteiger partial charge in [-0.1, -0.05) is 37.3 Å². The van der Waals surface area contributed by atoms with Crippen LogP contribution in [-0.2, 0) is 0 Å². The highest BCUT2D eigenvalue weighted by atomic mass is 14.9. The lowest BCUT2D eigenvalue weighted by atomic mass is 10.0. The molecule has 0 amide bonds. The molecule has 0 saturated carbocycles. The number of nitriles is 1. The summed E-state index contributed by atoms with van der Waals surface area (Å²) in [6.07, 6.45) is 0.976. The molecule has 0 fully saturated rings. The predicted octanol–water partition coefficient (Wildman–Crippen LogP) is 3.70. The first-order valence-electron chi connectivity index (χ1n) is 6.35. The average Bonchev–Trinajstić information content (AvgIpc) is 2.46. The van der Waals surface area contributed by atoms with Crippen molar-refractivity contribution in [1.82, 2.24) is 0 Å². The van der Waals surface area contributed by atoms with Crippen LogP contribution < -0.4 is 11.1 Å². The Balaban J connectivity index is 2.20. The van der Waals surface area contributed by atoms with Crippen LogP contribution in [0.5, 0.6) is 0 Å². The van der Waals surface area contributed by atoms with E-state index in [0.29, 0.717) is 11.3 Å². The molecule has 0 saturated heterocycles. The molecular weight excluding hydrogens is 234 g/mol. The first-order valence-corrected chi connectivity index (χ1v) is 6.35. The van der Waals surface area contributed by atoms with Crippen LogP contribution in [0.1, 0.15) is 30.5 Å². The summed E-state index contributed by atoms with van der Waals surface area (Å²) in [5.74, 6) is 0. The molecule has 2 rings (SSSR count). The van der Waals surface area contributed by atoms with Crippen molar-refractivity contribution in [3.8, 4) is 6.07 Å². The molecule has 2 aromatic carbocycles. The fourth-order valence-corrected chi connectivity index (χ4v) is 2.06. The zero-order valence-electron chi connectivity index (χ0n) is 10.9. The third-order valence-corrected chi connectivity index (χ3v) is 3.12. The third-order valence-electron chi connectivity index (χ3n) is 3.12. The van der Waals surface area contributed by atoms with E-state index in [9.17, 15) is 0 Å². The van der Waals surface area contributed by atoms with Gasteiger partial charge in [-0.25, -0.2) is 0 Å². The minimum atomic E-state index is 0.244. The SMILES string of the molecule is CCC(Nc1ccc(C#N)c(N)c1)c1ccccc1. The summed E-state index contributed by atoms with van der Waals surface area (Å²) < 4.78 is 0. The molecular formula is C16H17N3. The highest BCUT2D eigenvalue weighted by molar-refractivity contribution is 5.63. The quantitative estimate of drug-likeness (QED) is 0.814. The number of hydrogen-bond acceptors (Lipinski definition) is 3. The summed E-state index contributed by atoms with van der Waals surface area (Å²) in [6, 6.07) is 18.0. The van der Waals surface area contributed by atoms with Gasteiger partial charge >= 0.3 is 0 Å². The molecule has 3 nitrogen and oxygen atoms in total. The van der Waals surface area contributed by atoms with E-state index in [1.807, 2.05) is 30.3 Å². The van der Waals surface area contributed by atoms with Gasteiger partial charge in [-0.2, -0.15) is 5.26 Å². The Kier molecular flexibility index (Phi) is 4.04. The second-order valence-electron chi connectivity index (χ2n) is 4.43. The number of hydrogen-bond donors (Lipinski definition) is 2. The van der Waals surface area contributed by atoms with E-state index in [2.05, 4.69) is 30.4 Å². The fourth-order valence-electron chi connectivity index (χ4n) is 2.06. The Hall–Kier alpha value is -2.47. The second kappa shape index (κ2) is 5.92. The lowest BCUT2D eigenvalue weighted by molar-refractivity contribution is 0.749. The van der Waals surface area contributed by atoms with E-state index in [0.717, 1.165) is 12.1 Å². The van der Waals surface area contributed by atoms with Crippen LogP contribution in [0.2, 0.25) is 0 Å². The van der Waals surface area contributed by atoms with E-state index >= 15 is 0 Å². The molecule has 0 aromatic heterocycles. The van der Waals surface area contributed by atoms with Gasteiger partial charge in [-0.05, 0) is 30.2 Å². The molecule has 0 spiro atoms. The molecule has 0 radical (unpaired) electrons. The zero-order chi connectivity index (χ0) is 13.7. The Morgan fingerprint density at radius 1 is 1.21 bits per heavy atom.